The minimum absolute atomic E-state index is 0.0727. The number of oxime groups is 1. The molecule has 0 spiro atoms. The van der Waals surface area contributed by atoms with Gasteiger partial charge >= 0.3 is 0 Å². The number of amides is 1. The van der Waals surface area contributed by atoms with E-state index in [-0.39, 0.29) is 16.3 Å². The van der Waals surface area contributed by atoms with Gasteiger partial charge in [-0.05, 0) is 63.8 Å². The molecule has 176 valence electrons. The van der Waals surface area contributed by atoms with Gasteiger partial charge in [0.15, 0.2) is 11.7 Å². The lowest BCUT2D eigenvalue weighted by molar-refractivity contribution is -0.114. The summed E-state index contributed by atoms with van der Waals surface area (Å²) in [6, 6.07) is 12.8. The zero-order valence-electron chi connectivity index (χ0n) is 17.7. The van der Waals surface area contributed by atoms with Crippen LogP contribution < -0.4 is 16.9 Å². The predicted octanol–water partition coefficient (Wildman–Crippen LogP) is 3.86. The van der Waals surface area contributed by atoms with Gasteiger partial charge in [-0.25, -0.2) is 8.60 Å². The molecule has 0 bridgehead atoms. The molecule has 0 aliphatic carbocycles. The van der Waals surface area contributed by atoms with Crippen molar-refractivity contribution in [2.45, 2.75) is 11.8 Å². The van der Waals surface area contributed by atoms with Crippen LogP contribution in [0.25, 0.3) is 16.7 Å². The Morgan fingerprint density at radius 3 is 2.65 bits per heavy atom. The number of amidine groups is 1. The summed E-state index contributed by atoms with van der Waals surface area (Å²) in [5.41, 5.74) is 7.94. The van der Waals surface area contributed by atoms with E-state index in [1.54, 1.807) is 42.5 Å². The molecule has 2 aromatic carbocycles. The summed E-state index contributed by atoms with van der Waals surface area (Å²) >= 11 is 1.45. The van der Waals surface area contributed by atoms with E-state index in [0.717, 1.165) is 0 Å². The van der Waals surface area contributed by atoms with Crippen molar-refractivity contribution in [1.29, 1.82) is 0 Å². The van der Waals surface area contributed by atoms with Crippen LogP contribution >= 0.6 is 15.9 Å². The zero-order chi connectivity index (χ0) is 24.8. The number of nitrogens with one attached hydrogen (secondary N) is 1. The van der Waals surface area contributed by atoms with Crippen LogP contribution in [0.1, 0.15) is 18.1 Å². The van der Waals surface area contributed by atoms with E-state index in [4.69, 9.17) is 16.8 Å². The van der Waals surface area contributed by atoms with Crippen molar-refractivity contribution in [3.05, 3.63) is 82.4 Å². The maximum Gasteiger partial charge on any atom is 0.284 e. The van der Waals surface area contributed by atoms with E-state index in [1.807, 2.05) is 0 Å². The molecule has 0 aliphatic heterocycles. The summed E-state index contributed by atoms with van der Waals surface area (Å²) < 4.78 is 31.8. The van der Waals surface area contributed by atoms with Gasteiger partial charge in [-0.3, -0.25) is 9.78 Å². The van der Waals surface area contributed by atoms with Crippen LogP contribution in [0.15, 0.2) is 81.3 Å². The highest BCUT2D eigenvalue weighted by atomic mass is 79.9. The first kappa shape index (κ1) is 25.2. The minimum atomic E-state index is -1.91. The van der Waals surface area contributed by atoms with Crippen molar-refractivity contribution < 1.29 is 22.9 Å². The monoisotopic (exact) mass is 547 g/mol. The summed E-state index contributed by atoms with van der Waals surface area (Å²) in [7, 11) is 0. The van der Waals surface area contributed by atoms with Crippen LogP contribution in [0.3, 0.4) is 0 Å². The predicted molar refractivity (Wildman–Crippen MR) is 130 cm³/mol. The number of nitrogens with zero attached hydrogens (tertiary/aromatic N) is 2. The highest BCUT2D eigenvalue weighted by molar-refractivity contribution is 9.10. The molecule has 0 fully saturated rings. The van der Waals surface area contributed by atoms with Crippen LogP contribution in [0, 0.1) is 0 Å². The second-order valence-corrected chi connectivity index (χ2v) is 8.81. The van der Waals surface area contributed by atoms with E-state index in [0.29, 0.717) is 32.4 Å². The highest BCUT2D eigenvalue weighted by Gasteiger charge is 2.17. The van der Waals surface area contributed by atoms with Crippen LogP contribution in [-0.4, -0.2) is 26.1 Å². The first-order chi connectivity index (χ1) is 16.3. The number of carbonyl (C=O) groups excluding carboxylic acids is 1. The van der Waals surface area contributed by atoms with Crippen LogP contribution in [-0.2, 0) is 20.2 Å². The van der Waals surface area contributed by atoms with Gasteiger partial charge in [0.1, 0.15) is 0 Å². The quantitative estimate of drug-likeness (QED) is 0.115. The molecule has 9 nitrogen and oxygen atoms in total. The number of rotatable bonds is 7. The Morgan fingerprint density at radius 1 is 1.24 bits per heavy atom. The zero-order valence-corrected chi connectivity index (χ0v) is 20.1. The van der Waals surface area contributed by atoms with Gasteiger partial charge in [-0.2, -0.15) is 10.2 Å². The molecule has 0 aliphatic rings. The van der Waals surface area contributed by atoms with Crippen molar-refractivity contribution in [1.82, 2.24) is 4.98 Å². The second-order valence-electron chi connectivity index (χ2n) is 6.86. The van der Waals surface area contributed by atoms with Crippen LogP contribution in [0.4, 0.5) is 10.1 Å². The lowest BCUT2D eigenvalue weighted by atomic mass is 10.0. The van der Waals surface area contributed by atoms with Gasteiger partial charge in [0.2, 0.25) is 11.1 Å². The number of halogens is 2. The van der Waals surface area contributed by atoms with Crippen molar-refractivity contribution in [2.24, 2.45) is 16.8 Å². The third kappa shape index (κ3) is 5.54. The highest BCUT2D eigenvalue weighted by Crippen LogP contribution is 2.32. The number of carbonyl (C=O) groups is 1. The Hall–Kier alpha value is -3.45. The minimum Gasteiger partial charge on any atom is -0.409 e. The van der Waals surface area contributed by atoms with Gasteiger partial charge in [-0.1, -0.05) is 29.4 Å². The van der Waals surface area contributed by atoms with Crippen molar-refractivity contribution in [3.8, 4) is 11.1 Å². The largest absolute Gasteiger partial charge is 0.409 e. The molecule has 0 saturated carbocycles. The van der Waals surface area contributed by atoms with E-state index in [9.17, 15) is 13.4 Å². The standard InChI is InChI=1S/C22H19BrFN5O4S/c1-12(13-3-2-4-15(9-13)21(25)29-31)20(24)22(30)28-18-6-5-14(10-17(18)23)16-7-8-27-11-19(16)34(32)33-26/h2-11,31H,26H2,1H3,(H2,25,29)(H,28,30). The molecule has 12 heteroatoms. The van der Waals surface area contributed by atoms with Crippen molar-refractivity contribution in [3.63, 3.8) is 0 Å². The first-order valence-electron chi connectivity index (χ1n) is 9.55. The molecule has 3 aromatic rings. The van der Waals surface area contributed by atoms with E-state index in [2.05, 4.69) is 35.7 Å². The molecular weight excluding hydrogens is 529 g/mol. The summed E-state index contributed by atoms with van der Waals surface area (Å²) in [6.07, 6.45) is 2.90. The topological polar surface area (TPSA) is 153 Å². The van der Waals surface area contributed by atoms with E-state index in [1.165, 1.54) is 25.4 Å². The fourth-order valence-electron chi connectivity index (χ4n) is 3.03. The van der Waals surface area contributed by atoms with Crippen molar-refractivity contribution in [2.75, 3.05) is 5.32 Å². The lowest BCUT2D eigenvalue weighted by Gasteiger charge is -2.12. The second kappa shape index (κ2) is 11.1. The maximum absolute atomic E-state index is 14.9. The summed E-state index contributed by atoms with van der Waals surface area (Å²) in [4.78, 5) is 16.8. The first-order valence-corrected chi connectivity index (χ1v) is 11.4. The van der Waals surface area contributed by atoms with Gasteiger partial charge in [0, 0.05) is 28.0 Å². The van der Waals surface area contributed by atoms with E-state index >= 15 is 0 Å². The van der Waals surface area contributed by atoms with Gasteiger partial charge in [0.25, 0.3) is 5.91 Å². The molecule has 0 saturated heterocycles. The number of aromatic nitrogens is 1. The maximum atomic E-state index is 14.9. The van der Waals surface area contributed by atoms with Gasteiger partial charge < -0.3 is 16.3 Å². The molecule has 1 heterocycles. The van der Waals surface area contributed by atoms with Gasteiger partial charge in [-0.15, -0.1) is 0 Å². The SMILES string of the molecule is CC(=C(F)C(=O)Nc1ccc(-c2ccncc2S(=O)ON)cc1Br)c1cccc(C(N)=NO)c1. The van der Waals surface area contributed by atoms with Gasteiger partial charge in [0.05, 0.1) is 10.6 Å². The summed E-state index contributed by atoms with van der Waals surface area (Å²) in [5, 5.41) is 14.3. The van der Waals surface area contributed by atoms with Crippen LogP contribution in [0.2, 0.25) is 0 Å². The molecule has 6 N–H and O–H groups in total. The smallest absolute Gasteiger partial charge is 0.284 e. The summed E-state index contributed by atoms with van der Waals surface area (Å²) in [6.45, 7) is 1.45. The number of nitrogens with two attached hydrogens (primary N) is 2. The fraction of sp³-hybridized carbons (Fsp3) is 0.0455. The molecule has 3 rings (SSSR count). The Bertz CT molecular complexity index is 1330. The number of allylic oxidation sites excluding steroid dienone is 1. The number of pyridine rings is 1. The molecule has 1 unspecified atom stereocenters. The Kier molecular flexibility index (Phi) is 8.23. The molecule has 1 amide bonds. The number of anilines is 1. The summed E-state index contributed by atoms with van der Waals surface area (Å²) in [5.74, 6) is 2.94. The molecule has 1 aromatic heterocycles. The average Bonchev–Trinajstić information content (AvgIpc) is 2.87. The number of hydrogen-bond acceptors (Lipinski definition) is 7. The molecule has 1 atom stereocenters. The number of benzene rings is 2. The Labute approximate surface area is 205 Å². The third-order valence-electron chi connectivity index (χ3n) is 4.81. The average molecular weight is 548 g/mol. The molecule has 0 radical (unpaired) electrons. The third-order valence-corrected chi connectivity index (χ3v) is 6.32. The number of hydrogen-bond donors (Lipinski definition) is 4. The Morgan fingerprint density at radius 2 is 1.97 bits per heavy atom. The van der Waals surface area contributed by atoms with Crippen LogP contribution in [0.5, 0.6) is 0 Å². The molecular formula is C22H19BrFN5O4S. The van der Waals surface area contributed by atoms with E-state index < -0.39 is 22.8 Å². The fourth-order valence-corrected chi connectivity index (χ4v) is 4.12. The molecule has 34 heavy (non-hydrogen) atoms. The Balaban J connectivity index is 1.87. The lowest BCUT2D eigenvalue weighted by Crippen LogP contribution is -2.14. The van der Waals surface area contributed by atoms with Crippen molar-refractivity contribution >= 4 is 50.0 Å². The normalized spacial score (nSPS) is 13.2.